The second-order valence-electron chi connectivity index (χ2n) is 5.60. The highest BCUT2D eigenvalue weighted by Gasteiger charge is 2.20. The maximum atomic E-state index is 3.79. The quantitative estimate of drug-likeness (QED) is 0.566. The minimum atomic E-state index is 0.811. The molecule has 1 aliphatic carbocycles. The smallest absolute Gasteiger partial charge is 0.0212 e. The second-order valence-corrected chi connectivity index (χ2v) is 6.46. The van der Waals surface area contributed by atoms with Crippen LogP contribution in [0, 0.1) is 0 Å². The summed E-state index contributed by atoms with van der Waals surface area (Å²) in [6.45, 7) is 2.28. The molecule has 0 nitrogen and oxygen atoms in total. The van der Waals surface area contributed by atoms with Crippen molar-refractivity contribution in [3.8, 4) is 0 Å². The lowest BCUT2D eigenvalue weighted by molar-refractivity contribution is 0.440. The van der Waals surface area contributed by atoms with E-state index in [2.05, 4.69) is 41.1 Å². The van der Waals surface area contributed by atoms with Crippen molar-refractivity contribution < 1.29 is 0 Å². The number of aryl methyl sites for hydroxylation is 1. The van der Waals surface area contributed by atoms with Gasteiger partial charge in [0.15, 0.2) is 0 Å². The van der Waals surface area contributed by atoms with Crippen molar-refractivity contribution in [2.45, 2.75) is 70.6 Å². The Morgan fingerprint density at radius 1 is 1.11 bits per heavy atom. The molecular formula is C17H25Br. The molecule has 0 atom stereocenters. The largest absolute Gasteiger partial charge is 0.0654 e. The molecule has 1 aliphatic rings. The van der Waals surface area contributed by atoms with Crippen LogP contribution in [0.1, 0.15) is 75.3 Å². The van der Waals surface area contributed by atoms with Crippen LogP contribution in [0.5, 0.6) is 0 Å². The van der Waals surface area contributed by atoms with Crippen LogP contribution in [0.15, 0.2) is 22.7 Å². The predicted octanol–water partition coefficient (Wildman–Crippen LogP) is 6.23. The molecule has 1 heteroatoms. The Bertz CT molecular complexity index is 364. The Hall–Kier alpha value is -0.300. The number of rotatable bonds is 5. The van der Waals surface area contributed by atoms with Gasteiger partial charge in [-0.25, -0.2) is 0 Å². The number of benzene rings is 1. The van der Waals surface area contributed by atoms with E-state index in [-0.39, 0.29) is 0 Å². The van der Waals surface area contributed by atoms with Gasteiger partial charge in [0.05, 0.1) is 0 Å². The van der Waals surface area contributed by atoms with Crippen molar-refractivity contribution >= 4 is 15.9 Å². The lowest BCUT2D eigenvalue weighted by Crippen LogP contribution is -2.08. The molecule has 1 aromatic rings. The third-order valence-corrected chi connectivity index (χ3v) is 4.90. The highest BCUT2D eigenvalue weighted by atomic mass is 79.9. The van der Waals surface area contributed by atoms with Gasteiger partial charge in [0, 0.05) is 4.47 Å². The predicted molar refractivity (Wildman–Crippen MR) is 83.2 cm³/mol. The third-order valence-electron chi connectivity index (χ3n) is 4.21. The molecule has 18 heavy (non-hydrogen) atoms. The normalized spacial score (nSPS) is 17.0. The number of unbranched alkanes of at least 4 members (excludes halogenated alkanes) is 2. The molecule has 0 aliphatic heterocycles. The molecule has 1 fully saturated rings. The first-order chi connectivity index (χ1) is 8.83. The Labute approximate surface area is 120 Å². The molecule has 0 radical (unpaired) electrons. The van der Waals surface area contributed by atoms with Crippen molar-refractivity contribution in [1.29, 1.82) is 0 Å². The van der Waals surface area contributed by atoms with Crippen molar-refractivity contribution in [3.63, 3.8) is 0 Å². The summed E-state index contributed by atoms with van der Waals surface area (Å²) >= 11 is 3.79. The van der Waals surface area contributed by atoms with E-state index in [0.29, 0.717) is 0 Å². The van der Waals surface area contributed by atoms with E-state index in [1.165, 1.54) is 62.3 Å². The number of hydrogen-bond donors (Lipinski definition) is 0. The molecule has 0 heterocycles. The van der Waals surface area contributed by atoms with Gasteiger partial charge in [-0.05, 0) is 48.8 Å². The van der Waals surface area contributed by atoms with Crippen LogP contribution in [-0.4, -0.2) is 0 Å². The summed E-state index contributed by atoms with van der Waals surface area (Å²) in [4.78, 5) is 0. The molecule has 0 saturated heterocycles. The second kappa shape index (κ2) is 7.33. The fourth-order valence-corrected chi connectivity index (χ4v) is 3.94. The first kappa shape index (κ1) is 14.1. The van der Waals surface area contributed by atoms with Gasteiger partial charge in [0.25, 0.3) is 0 Å². The highest BCUT2D eigenvalue weighted by Crippen LogP contribution is 2.38. The maximum Gasteiger partial charge on any atom is 0.0212 e. The monoisotopic (exact) mass is 308 g/mol. The van der Waals surface area contributed by atoms with E-state index in [0.717, 1.165) is 5.92 Å². The Morgan fingerprint density at radius 3 is 2.61 bits per heavy atom. The summed E-state index contributed by atoms with van der Waals surface area (Å²) in [5.74, 6) is 0.811. The van der Waals surface area contributed by atoms with Crippen LogP contribution >= 0.6 is 15.9 Å². The van der Waals surface area contributed by atoms with Crippen LogP contribution in [0.3, 0.4) is 0 Å². The van der Waals surface area contributed by atoms with Crippen molar-refractivity contribution in [3.05, 3.63) is 33.8 Å². The number of halogens is 1. The van der Waals surface area contributed by atoms with Gasteiger partial charge in [-0.2, -0.15) is 0 Å². The van der Waals surface area contributed by atoms with Crippen molar-refractivity contribution in [2.75, 3.05) is 0 Å². The average molecular weight is 309 g/mol. The van der Waals surface area contributed by atoms with Crippen LogP contribution < -0.4 is 0 Å². The zero-order chi connectivity index (χ0) is 12.8. The fraction of sp³-hybridized carbons (Fsp3) is 0.647. The molecule has 0 aromatic heterocycles. The maximum absolute atomic E-state index is 3.79. The lowest BCUT2D eigenvalue weighted by Gasteiger charge is -2.25. The Balaban J connectivity index is 2.14. The Morgan fingerprint density at radius 2 is 1.89 bits per heavy atom. The molecule has 2 rings (SSSR count). The van der Waals surface area contributed by atoms with Gasteiger partial charge in [-0.15, -0.1) is 0 Å². The van der Waals surface area contributed by atoms with Crippen LogP contribution in [-0.2, 0) is 6.42 Å². The average Bonchev–Trinajstić information content (AvgIpc) is 2.40. The molecule has 0 amide bonds. The third kappa shape index (κ3) is 3.60. The van der Waals surface area contributed by atoms with E-state index in [4.69, 9.17) is 0 Å². The molecule has 0 N–H and O–H groups in total. The minimum Gasteiger partial charge on any atom is -0.0654 e. The summed E-state index contributed by atoms with van der Waals surface area (Å²) in [5.41, 5.74) is 3.23. The van der Waals surface area contributed by atoms with Gasteiger partial charge in [-0.1, -0.05) is 67.1 Å². The fourth-order valence-electron chi connectivity index (χ4n) is 3.21. The summed E-state index contributed by atoms with van der Waals surface area (Å²) in [6.07, 6.45) is 12.3. The van der Waals surface area contributed by atoms with Crippen LogP contribution in [0.4, 0.5) is 0 Å². The zero-order valence-corrected chi connectivity index (χ0v) is 13.1. The molecule has 1 saturated carbocycles. The van der Waals surface area contributed by atoms with Crippen LogP contribution in [0.2, 0.25) is 0 Å². The van der Waals surface area contributed by atoms with Gasteiger partial charge in [0.2, 0.25) is 0 Å². The van der Waals surface area contributed by atoms with E-state index >= 15 is 0 Å². The first-order valence-electron chi connectivity index (χ1n) is 7.60. The van der Waals surface area contributed by atoms with Gasteiger partial charge in [0.1, 0.15) is 0 Å². The molecule has 0 unspecified atom stereocenters. The molecule has 1 aromatic carbocycles. The van der Waals surface area contributed by atoms with Gasteiger partial charge in [-0.3, -0.25) is 0 Å². The highest BCUT2D eigenvalue weighted by molar-refractivity contribution is 9.10. The zero-order valence-electron chi connectivity index (χ0n) is 11.6. The summed E-state index contributed by atoms with van der Waals surface area (Å²) in [7, 11) is 0. The minimum absolute atomic E-state index is 0.811. The first-order valence-corrected chi connectivity index (χ1v) is 8.39. The molecule has 0 bridgehead atoms. The van der Waals surface area contributed by atoms with E-state index in [1.54, 1.807) is 11.1 Å². The van der Waals surface area contributed by atoms with Crippen LogP contribution in [0.25, 0.3) is 0 Å². The SMILES string of the molecule is CCCCCc1cccc(Br)c1C1CCCCC1. The van der Waals surface area contributed by atoms with Gasteiger partial charge < -0.3 is 0 Å². The summed E-state index contributed by atoms with van der Waals surface area (Å²) < 4.78 is 1.35. The molecule has 0 spiro atoms. The van der Waals surface area contributed by atoms with E-state index in [9.17, 15) is 0 Å². The molecular weight excluding hydrogens is 284 g/mol. The van der Waals surface area contributed by atoms with Crippen molar-refractivity contribution in [2.24, 2.45) is 0 Å². The number of hydrogen-bond acceptors (Lipinski definition) is 0. The summed E-state index contributed by atoms with van der Waals surface area (Å²) in [6, 6.07) is 6.79. The molecule has 100 valence electrons. The van der Waals surface area contributed by atoms with E-state index < -0.39 is 0 Å². The van der Waals surface area contributed by atoms with Gasteiger partial charge >= 0.3 is 0 Å². The standard InChI is InChI=1S/C17H25Br/c1-2-3-5-9-15-12-8-13-16(18)17(15)14-10-6-4-7-11-14/h8,12-14H,2-7,9-11H2,1H3. The Kier molecular flexibility index (Phi) is 5.75. The summed E-state index contributed by atoms with van der Waals surface area (Å²) in [5, 5.41) is 0. The van der Waals surface area contributed by atoms with Crippen molar-refractivity contribution in [1.82, 2.24) is 0 Å². The lowest BCUT2D eigenvalue weighted by atomic mass is 9.81. The topological polar surface area (TPSA) is 0 Å². The van der Waals surface area contributed by atoms with E-state index in [1.807, 2.05) is 0 Å².